The summed E-state index contributed by atoms with van der Waals surface area (Å²) in [5.74, 6) is 0. The van der Waals surface area contributed by atoms with E-state index in [9.17, 15) is 105 Å². The van der Waals surface area contributed by atoms with Gasteiger partial charge in [-0.1, -0.05) is 0 Å². The zero-order valence-electron chi connectivity index (χ0n) is 21.3. The van der Waals surface area contributed by atoms with Crippen molar-refractivity contribution in [1.82, 2.24) is 0 Å². The van der Waals surface area contributed by atoms with Gasteiger partial charge in [0, 0.05) is 21.1 Å². The van der Waals surface area contributed by atoms with E-state index in [4.69, 9.17) is 20.4 Å². The van der Waals surface area contributed by atoms with Crippen molar-refractivity contribution < 1.29 is 147 Å². The summed E-state index contributed by atoms with van der Waals surface area (Å²) < 4.78 is 273. The van der Waals surface area contributed by atoms with Crippen LogP contribution >= 0.6 is 0 Å². The summed E-state index contributed by atoms with van der Waals surface area (Å²) in [5, 5.41) is 31.8. The molecule has 278 valence electrons. The Bertz CT molecular complexity index is 653. The van der Waals surface area contributed by atoms with Gasteiger partial charge >= 0.3 is 49.4 Å². The molecule has 29 heteroatoms. The van der Waals surface area contributed by atoms with Crippen LogP contribution in [0, 0.1) is 0 Å². The first-order valence-corrected chi connectivity index (χ1v) is 9.43. The Kier molecular flexibility index (Phi) is 17.7. The van der Waals surface area contributed by atoms with Gasteiger partial charge in [-0.05, 0) is 27.7 Å². The zero-order chi connectivity index (χ0) is 38.0. The first-order chi connectivity index (χ1) is 18.0. The summed E-state index contributed by atoms with van der Waals surface area (Å²) in [6.07, 6.45) is -45.5. The molecule has 0 aromatic carbocycles. The molecule has 0 fully saturated rings. The van der Waals surface area contributed by atoms with E-state index < -0.39 is 71.8 Å². The molecule has 0 saturated carbocycles. The van der Waals surface area contributed by atoms with Crippen molar-refractivity contribution in [1.29, 1.82) is 0 Å². The average molecular weight is 912 g/mol. The molecule has 0 radical (unpaired) electrons. The van der Waals surface area contributed by atoms with Crippen LogP contribution in [-0.2, 0) is 21.1 Å². The second-order valence-corrected chi connectivity index (χ2v) is 8.27. The normalized spacial score (nSPS) is 14.9. The van der Waals surface area contributed by atoms with E-state index in [0.717, 1.165) is 0 Å². The molecule has 0 spiro atoms. The number of hydrogen-bond acceptors (Lipinski definition) is 4. The smallest absolute Gasteiger partial charge is 0.374 e. The molecule has 0 heterocycles. The molecule has 0 unspecified atom stereocenters. The maximum Gasteiger partial charge on any atom is 0.425 e. The number of aliphatic hydroxyl groups is 4. The fourth-order valence-corrected chi connectivity index (χ4v) is 0.643. The van der Waals surface area contributed by atoms with Crippen LogP contribution in [0.4, 0.5) is 105 Å². The third-order valence-electron chi connectivity index (χ3n) is 4.42. The summed E-state index contributed by atoms with van der Waals surface area (Å²) >= 11 is 0. The first-order valence-electron chi connectivity index (χ1n) is 9.43. The predicted octanol–water partition coefficient (Wildman–Crippen LogP) is 7.45. The van der Waals surface area contributed by atoms with Gasteiger partial charge in [-0.2, -0.15) is 105 Å². The molecule has 0 atom stereocenters. The minimum absolute atomic E-state index is 0. The fraction of sp³-hybridized carbons (Fsp3) is 1.00. The van der Waals surface area contributed by atoms with Gasteiger partial charge < -0.3 is 20.4 Å². The number of alkyl halides is 24. The molecule has 0 saturated heterocycles. The van der Waals surface area contributed by atoms with Crippen molar-refractivity contribution in [3.8, 4) is 0 Å². The molecular formula is C16H16F24O4W. The molecular weight excluding hydrogens is 896 g/mol. The predicted molar refractivity (Wildman–Crippen MR) is 90.9 cm³/mol. The van der Waals surface area contributed by atoms with Gasteiger partial charge in [0.15, 0.2) is 0 Å². The molecule has 0 bridgehead atoms. The quantitative estimate of drug-likeness (QED) is 0.191. The molecule has 0 aliphatic heterocycles. The van der Waals surface area contributed by atoms with Gasteiger partial charge in [-0.3, -0.25) is 0 Å². The zero-order valence-corrected chi connectivity index (χ0v) is 24.2. The van der Waals surface area contributed by atoms with Crippen molar-refractivity contribution in [2.24, 2.45) is 0 Å². The molecule has 45 heavy (non-hydrogen) atoms. The number of hydrogen-bond donors (Lipinski definition) is 4. The summed E-state index contributed by atoms with van der Waals surface area (Å²) in [7, 11) is 0. The molecule has 0 aromatic rings. The molecule has 0 aliphatic carbocycles. The Balaban J connectivity index is -0.000000157. The van der Waals surface area contributed by atoms with E-state index in [1.165, 1.54) is 0 Å². The van der Waals surface area contributed by atoms with Gasteiger partial charge in [0.25, 0.3) is 22.4 Å². The van der Waals surface area contributed by atoms with Gasteiger partial charge in [-0.15, -0.1) is 0 Å². The van der Waals surface area contributed by atoms with Crippen LogP contribution in [0.25, 0.3) is 0 Å². The third kappa shape index (κ3) is 14.2. The topological polar surface area (TPSA) is 80.9 Å². The van der Waals surface area contributed by atoms with Crippen LogP contribution in [-0.4, -0.2) is 92.2 Å². The van der Waals surface area contributed by atoms with Crippen LogP contribution < -0.4 is 0 Å². The van der Waals surface area contributed by atoms with E-state index in [1.54, 1.807) is 0 Å². The van der Waals surface area contributed by atoms with Crippen molar-refractivity contribution >= 4 is 0 Å². The Hall–Kier alpha value is -1.15. The van der Waals surface area contributed by atoms with Crippen molar-refractivity contribution in [2.75, 3.05) is 0 Å². The molecule has 4 N–H and O–H groups in total. The van der Waals surface area contributed by atoms with E-state index in [2.05, 4.69) is 0 Å². The van der Waals surface area contributed by atoms with Gasteiger partial charge in [0.1, 0.15) is 0 Å². The third-order valence-corrected chi connectivity index (χ3v) is 4.42. The Morgan fingerprint density at radius 1 is 0.222 bits per heavy atom. The molecule has 0 aliphatic rings. The maximum atomic E-state index is 11.4. The minimum atomic E-state index is -5.69. The minimum Gasteiger partial charge on any atom is -0.374 e. The van der Waals surface area contributed by atoms with Crippen molar-refractivity contribution in [2.45, 2.75) is 99.5 Å². The average Bonchev–Trinajstić information content (AvgIpc) is 2.62. The van der Waals surface area contributed by atoms with E-state index in [-0.39, 0.29) is 48.8 Å². The monoisotopic (exact) mass is 912 g/mol. The van der Waals surface area contributed by atoms with Crippen LogP contribution in [0.3, 0.4) is 0 Å². The molecule has 0 amide bonds. The molecule has 4 nitrogen and oxygen atoms in total. The standard InChI is InChI=1S/4C4H4F6O.W/c4*1-2(11,3(5,6)7)4(8,9)10;/h4*11H,1H3;. The van der Waals surface area contributed by atoms with E-state index in [1.807, 2.05) is 0 Å². The largest absolute Gasteiger partial charge is 0.425 e. The SMILES string of the molecule is CC(O)(C(F)(F)F)C(F)(F)F.CC(O)(C(F)(F)F)C(F)(F)F.CC(O)(C(F)(F)F)C(F)(F)F.CC(O)(C(F)(F)F)C(F)(F)F.[W]. The van der Waals surface area contributed by atoms with Crippen LogP contribution in [0.15, 0.2) is 0 Å². The van der Waals surface area contributed by atoms with Gasteiger partial charge in [0.2, 0.25) is 0 Å². The van der Waals surface area contributed by atoms with Crippen LogP contribution in [0.5, 0.6) is 0 Å². The van der Waals surface area contributed by atoms with Gasteiger partial charge in [0.05, 0.1) is 0 Å². The number of rotatable bonds is 0. The Morgan fingerprint density at radius 3 is 0.267 bits per heavy atom. The van der Waals surface area contributed by atoms with Crippen LogP contribution in [0.2, 0.25) is 0 Å². The van der Waals surface area contributed by atoms with Crippen molar-refractivity contribution in [3.05, 3.63) is 0 Å². The first kappa shape index (κ1) is 53.3. The second-order valence-electron chi connectivity index (χ2n) is 8.27. The van der Waals surface area contributed by atoms with Crippen molar-refractivity contribution in [3.63, 3.8) is 0 Å². The fourth-order valence-electron chi connectivity index (χ4n) is 0.643. The maximum absolute atomic E-state index is 11.4. The van der Waals surface area contributed by atoms with E-state index in [0.29, 0.717) is 0 Å². The van der Waals surface area contributed by atoms with Gasteiger partial charge in [-0.25, -0.2) is 0 Å². The molecule has 0 aromatic heterocycles. The summed E-state index contributed by atoms with van der Waals surface area (Å²) in [5.41, 5.74) is -18.5. The Morgan fingerprint density at radius 2 is 0.267 bits per heavy atom. The van der Waals surface area contributed by atoms with E-state index >= 15 is 0 Å². The molecule has 0 rings (SSSR count). The number of halogens is 24. The second kappa shape index (κ2) is 14.9. The summed E-state index contributed by atoms with van der Waals surface area (Å²) in [4.78, 5) is 0. The van der Waals surface area contributed by atoms with Crippen LogP contribution in [0.1, 0.15) is 27.7 Å². The Labute approximate surface area is 247 Å². The summed E-state index contributed by atoms with van der Waals surface area (Å²) in [6.45, 7) is -1.36. The summed E-state index contributed by atoms with van der Waals surface area (Å²) in [6, 6.07) is 0.